The topological polar surface area (TPSA) is 78.4 Å². The highest BCUT2D eigenvalue weighted by molar-refractivity contribution is 6.42. The summed E-state index contributed by atoms with van der Waals surface area (Å²) < 4.78 is 13.5. The molecule has 4 rings (SSSR count). The van der Waals surface area contributed by atoms with E-state index < -0.39 is 5.95 Å². The van der Waals surface area contributed by atoms with Crippen molar-refractivity contribution in [3.63, 3.8) is 0 Å². The normalized spacial score (nSPS) is 12.8. The van der Waals surface area contributed by atoms with E-state index in [0.717, 1.165) is 41.3 Å². The van der Waals surface area contributed by atoms with Gasteiger partial charge in [-0.05, 0) is 66.1 Å². The van der Waals surface area contributed by atoms with E-state index in [-0.39, 0.29) is 5.91 Å². The maximum atomic E-state index is 13.5. The highest BCUT2D eigenvalue weighted by atomic mass is 35.5. The quantitative estimate of drug-likeness (QED) is 0.449. The fourth-order valence-electron chi connectivity index (χ4n) is 3.55. The van der Waals surface area contributed by atoms with Gasteiger partial charge in [0, 0.05) is 36.5 Å². The predicted octanol–water partition coefficient (Wildman–Crippen LogP) is 4.48. The predicted molar refractivity (Wildman–Crippen MR) is 129 cm³/mol. The van der Waals surface area contributed by atoms with Crippen molar-refractivity contribution in [3.8, 4) is 11.1 Å². The molecule has 170 valence electrons. The van der Waals surface area contributed by atoms with Gasteiger partial charge < -0.3 is 16.0 Å². The molecule has 1 amide bonds. The van der Waals surface area contributed by atoms with Crippen molar-refractivity contribution in [2.75, 3.05) is 13.1 Å². The first kappa shape index (κ1) is 23.0. The number of benzene rings is 2. The highest BCUT2D eigenvalue weighted by Crippen LogP contribution is 2.26. The van der Waals surface area contributed by atoms with E-state index in [9.17, 15) is 9.18 Å². The van der Waals surface area contributed by atoms with Gasteiger partial charge >= 0.3 is 0 Å². The summed E-state index contributed by atoms with van der Waals surface area (Å²) in [4.78, 5) is 21.3. The zero-order valence-electron chi connectivity index (χ0n) is 17.9. The van der Waals surface area contributed by atoms with Crippen LogP contribution in [0.1, 0.15) is 27.2 Å². The third-order valence-corrected chi connectivity index (χ3v) is 5.93. The monoisotopic (exact) mass is 485 g/mol. The molecule has 0 fully saturated rings. The van der Waals surface area contributed by atoms with Gasteiger partial charge in [-0.1, -0.05) is 29.3 Å². The molecule has 2 heterocycles. The van der Waals surface area contributed by atoms with Gasteiger partial charge in [0.15, 0.2) is 5.96 Å². The molecule has 0 unspecified atom stereocenters. The average Bonchev–Trinajstić information content (AvgIpc) is 3.32. The number of aromatic nitrogens is 1. The molecule has 0 saturated heterocycles. The minimum absolute atomic E-state index is 0.242. The number of carbonyl (C=O) groups is 1. The van der Waals surface area contributed by atoms with Gasteiger partial charge in [0.1, 0.15) is 0 Å². The van der Waals surface area contributed by atoms with Crippen LogP contribution in [0.3, 0.4) is 0 Å². The molecule has 3 N–H and O–H groups in total. The van der Waals surface area contributed by atoms with E-state index in [0.29, 0.717) is 34.4 Å². The van der Waals surface area contributed by atoms with Crippen molar-refractivity contribution >= 4 is 35.1 Å². The first-order valence-electron chi connectivity index (χ1n) is 10.4. The summed E-state index contributed by atoms with van der Waals surface area (Å²) in [7, 11) is 0. The van der Waals surface area contributed by atoms with Crippen LogP contribution >= 0.6 is 23.2 Å². The molecular formula is C24H22Cl2FN5O. The minimum Gasteiger partial charge on any atom is -0.355 e. The first-order chi connectivity index (χ1) is 15.9. The van der Waals surface area contributed by atoms with Crippen molar-refractivity contribution in [2.24, 2.45) is 4.99 Å². The van der Waals surface area contributed by atoms with Crippen LogP contribution < -0.4 is 16.0 Å². The summed E-state index contributed by atoms with van der Waals surface area (Å²) in [5.41, 5.74) is 4.28. The van der Waals surface area contributed by atoms with Crippen LogP contribution in [0.25, 0.3) is 11.1 Å². The SMILES string of the molecule is Cc1nc(F)ccc1-c1cc(CNC2=NCCN2)cc(C(=O)NCc2ccc(Cl)c(Cl)c2)c1. The zero-order valence-corrected chi connectivity index (χ0v) is 19.4. The molecule has 0 bridgehead atoms. The summed E-state index contributed by atoms with van der Waals surface area (Å²) in [6, 6.07) is 13.8. The lowest BCUT2D eigenvalue weighted by atomic mass is 9.98. The summed E-state index contributed by atoms with van der Waals surface area (Å²) in [6.07, 6.45) is 0. The summed E-state index contributed by atoms with van der Waals surface area (Å²) >= 11 is 12.0. The number of rotatable bonds is 6. The lowest BCUT2D eigenvalue weighted by Crippen LogP contribution is -2.33. The van der Waals surface area contributed by atoms with E-state index in [1.165, 1.54) is 6.07 Å². The molecular weight excluding hydrogens is 464 g/mol. The zero-order chi connectivity index (χ0) is 23.4. The fraction of sp³-hybridized carbons (Fsp3) is 0.208. The van der Waals surface area contributed by atoms with Gasteiger partial charge in [0.05, 0.1) is 16.6 Å². The van der Waals surface area contributed by atoms with E-state index in [4.69, 9.17) is 23.2 Å². The maximum absolute atomic E-state index is 13.5. The van der Waals surface area contributed by atoms with E-state index in [1.807, 2.05) is 18.2 Å². The Kier molecular flexibility index (Phi) is 7.11. The lowest BCUT2D eigenvalue weighted by molar-refractivity contribution is 0.0951. The lowest BCUT2D eigenvalue weighted by Gasteiger charge is -2.13. The molecule has 0 saturated carbocycles. The molecule has 1 aliphatic rings. The molecule has 0 spiro atoms. The number of hydrogen-bond donors (Lipinski definition) is 3. The number of pyridine rings is 1. The number of carbonyl (C=O) groups excluding carboxylic acids is 1. The molecule has 1 aromatic heterocycles. The summed E-state index contributed by atoms with van der Waals surface area (Å²) in [6.45, 7) is 4.03. The molecule has 6 nitrogen and oxygen atoms in total. The van der Waals surface area contributed by atoms with Gasteiger partial charge in [0.25, 0.3) is 5.91 Å². The van der Waals surface area contributed by atoms with Crippen molar-refractivity contribution in [1.29, 1.82) is 0 Å². The van der Waals surface area contributed by atoms with Crippen LogP contribution in [0, 0.1) is 12.9 Å². The van der Waals surface area contributed by atoms with E-state index in [2.05, 4.69) is 25.9 Å². The van der Waals surface area contributed by atoms with Crippen molar-refractivity contribution in [3.05, 3.63) is 86.9 Å². The molecule has 2 aromatic carbocycles. The average molecular weight is 486 g/mol. The molecule has 1 aliphatic heterocycles. The number of amides is 1. The van der Waals surface area contributed by atoms with Crippen LogP contribution in [0.4, 0.5) is 4.39 Å². The van der Waals surface area contributed by atoms with Gasteiger partial charge in [-0.25, -0.2) is 4.98 Å². The third kappa shape index (κ3) is 5.80. The standard InChI is InChI=1S/C24H22Cl2FN5O/c1-14-19(3-5-22(27)32-14)17-8-16(13-31-24-28-6-7-29-24)9-18(11-17)23(33)30-12-15-2-4-20(25)21(26)10-15/h2-5,8-11H,6-7,12-13H2,1H3,(H,30,33)(H2,28,29,31). The maximum Gasteiger partial charge on any atom is 0.251 e. The Labute approximate surface area is 201 Å². The van der Waals surface area contributed by atoms with E-state index in [1.54, 1.807) is 31.2 Å². The molecule has 0 radical (unpaired) electrons. The van der Waals surface area contributed by atoms with Crippen molar-refractivity contribution in [2.45, 2.75) is 20.0 Å². The Bertz CT molecular complexity index is 1230. The molecule has 9 heteroatoms. The van der Waals surface area contributed by atoms with Crippen LogP contribution in [0.2, 0.25) is 10.0 Å². The number of aliphatic imine (C=N–C) groups is 1. The summed E-state index contributed by atoms with van der Waals surface area (Å²) in [5.74, 6) is -0.0575. The number of aryl methyl sites for hydroxylation is 1. The molecule has 0 aliphatic carbocycles. The van der Waals surface area contributed by atoms with Gasteiger partial charge in [-0.2, -0.15) is 4.39 Å². The van der Waals surface area contributed by atoms with Crippen LogP contribution in [-0.2, 0) is 13.1 Å². The Balaban J connectivity index is 1.59. The van der Waals surface area contributed by atoms with Gasteiger partial charge in [-0.3, -0.25) is 9.79 Å². The Hall–Kier alpha value is -3.16. The van der Waals surface area contributed by atoms with Gasteiger partial charge in [0.2, 0.25) is 5.95 Å². The smallest absolute Gasteiger partial charge is 0.251 e. The van der Waals surface area contributed by atoms with Crippen molar-refractivity contribution in [1.82, 2.24) is 20.9 Å². The number of halogens is 3. The van der Waals surface area contributed by atoms with E-state index >= 15 is 0 Å². The second kappa shape index (κ2) is 10.2. The van der Waals surface area contributed by atoms with Crippen molar-refractivity contribution < 1.29 is 9.18 Å². The second-order valence-corrected chi connectivity index (χ2v) is 8.44. The highest BCUT2D eigenvalue weighted by Gasteiger charge is 2.13. The third-order valence-electron chi connectivity index (χ3n) is 5.19. The largest absolute Gasteiger partial charge is 0.355 e. The second-order valence-electron chi connectivity index (χ2n) is 7.63. The number of nitrogens with zero attached hydrogens (tertiary/aromatic N) is 2. The van der Waals surface area contributed by atoms with Crippen LogP contribution in [0.5, 0.6) is 0 Å². The number of guanidine groups is 1. The minimum atomic E-state index is -0.543. The summed E-state index contributed by atoms with van der Waals surface area (Å²) in [5, 5.41) is 10.2. The number of hydrogen-bond acceptors (Lipinski definition) is 5. The Morgan fingerprint density at radius 3 is 2.64 bits per heavy atom. The molecule has 3 aromatic rings. The number of nitrogens with one attached hydrogen (secondary N) is 3. The van der Waals surface area contributed by atoms with Crippen LogP contribution in [0.15, 0.2) is 53.5 Å². The first-order valence-corrected chi connectivity index (χ1v) is 11.2. The molecule has 33 heavy (non-hydrogen) atoms. The Morgan fingerprint density at radius 1 is 1.06 bits per heavy atom. The Morgan fingerprint density at radius 2 is 1.91 bits per heavy atom. The molecule has 0 atom stereocenters. The van der Waals surface area contributed by atoms with Crippen LogP contribution in [-0.4, -0.2) is 29.9 Å². The fourth-order valence-corrected chi connectivity index (χ4v) is 3.87. The van der Waals surface area contributed by atoms with Gasteiger partial charge in [-0.15, -0.1) is 0 Å².